The summed E-state index contributed by atoms with van der Waals surface area (Å²) in [6, 6.07) is 0. The summed E-state index contributed by atoms with van der Waals surface area (Å²) < 4.78 is 0. The van der Waals surface area contributed by atoms with Gasteiger partial charge in [0.25, 0.3) is 0 Å². The van der Waals surface area contributed by atoms with E-state index in [2.05, 4.69) is 10.9 Å². The predicted octanol–water partition coefficient (Wildman–Crippen LogP) is -0.687. The number of hydrogen-bond donors (Lipinski definition) is 2. The van der Waals surface area contributed by atoms with E-state index in [0.29, 0.717) is 6.42 Å². The van der Waals surface area contributed by atoms with Gasteiger partial charge in [0.1, 0.15) is 0 Å². The van der Waals surface area contributed by atoms with E-state index in [0.717, 1.165) is 0 Å². The minimum atomic E-state index is 0.126. The molecule has 3 nitrogen and oxygen atoms in total. The van der Waals surface area contributed by atoms with Gasteiger partial charge < -0.3 is 10.9 Å². The minimum Gasteiger partial charge on any atom is -0.396 e. The Hall–Kier alpha value is -0.570. The van der Waals surface area contributed by atoms with Gasteiger partial charge in [-0.05, 0) is 0 Å². The van der Waals surface area contributed by atoms with Crippen molar-refractivity contribution in [3.8, 4) is 0 Å². The molecule has 0 rings (SSSR count). The van der Waals surface area contributed by atoms with Crippen LogP contribution in [0.5, 0.6) is 0 Å². The molecule has 0 radical (unpaired) electrons. The molecule has 0 spiro atoms. The van der Waals surface area contributed by atoms with Crippen molar-refractivity contribution in [2.45, 2.75) is 6.42 Å². The quantitative estimate of drug-likeness (QED) is 0.267. The lowest BCUT2D eigenvalue weighted by atomic mass is 10.5. The van der Waals surface area contributed by atoms with Gasteiger partial charge in [0.05, 0.1) is 0 Å². The van der Waals surface area contributed by atoms with Crippen molar-refractivity contribution in [1.29, 1.82) is 0 Å². The molecule has 0 fully saturated rings. The maximum atomic E-state index is 8.05. The van der Waals surface area contributed by atoms with Crippen LogP contribution in [-0.4, -0.2) is 17.9 Å². The number of nitrogens with zero attached hydrogens (tertiary/aromatic N) is 1. The minimum absolute atomic E-state index is 0.126. The molecular weight excluding hydrogens is 80.0 g/mol. The van der Waals surface area contributed by atoms with E-state index in [1.54, 1.807) is 0 Å². The fraction of sp³-hybridized carbons (Fsp3) is 0.667. The Kier molecular flexibility index (Phi) is 4.01. The topological polar surface area (TPSA) is 58.6 Å². The molecule has 36 valence electrons. The van der Waals surface area contributed by atoms with Crippen LogP contribution in [-0.2, 0) is 0 Å². The average Bonchev–Trinajstić information content (AvgIpc) is 1.61. The second kappa shape index (κ2) is 4.43. The van der Waals surface area contributed by atoms with Gasteiger partial charge in [-0.2, -0.15) is 5.10 Å². The van der Waals surface area contributed by atoms with Gasteiger partial charge in [0.15, 0.2) is 0 Å². The lowest BCUT2D eigenvalue weighted by Crippen LogP contribution is -1.86. The molecule has 3 heteroatoms. The molecule has 3 N–H and O–H groups in total. The first-order valence-electron chi connectivity index (χ1n) is 1.74. The predicted molar refractivity (Wildman–Crippen MR) is 24.4 cm³/mol. The smallest absolute Gasteiger partial charge is 0.0481 e. The van der Waals surface area contributed by atoms with Gasteiger partial charge in [-0.3, -0.25) is 0 Å². The summed E-state index contributed by atoms with van der Waals surface area (Å²) in [6.45, 7) is 0.126. The molecule has 6 heavy (non-hydrogen) atoms. The van der Waals surface area contributed by atoms with Crippen molar-refractivity contribution in [3.05, 3.63) is 0 Å². The van der Waals surface area contributed by atoms with Crippen molar-refractivity contribution in [3.63, 3.8) is 0 Å². The summed E-state index contributed by atoms with van der Waals surface area (Å²) in [4.78, 5) is 0. The van der Waals surface area contributed by atoms with E-state index >= 15 is 0 Å². The Morgan fingerprint density at radius 3 is 2.67 bits per heavy atom. The van der Waals surface area contributed by atoms with E-state index < -0.39 is 0 Å². The van der Waals surface area contributed by atoms with Crippen molar-refractivity contribution in [1.82, 2.24) is 0 Å². The molecule has 0 aromatic carbocycles. The third kappa shape index (κ3) is 3.43. The van der Waals surface area contributed by atoms with E-state index in [1.807, 2.05) is 0 Å². The number of aliphatic hydroxyl groups is 1. The van der Waals surface area contributed by atoms with Crippen LogP contribution in [0.4, 0.5) is 0 Å². The van der Waals surface area contributed by atoms with Crippen LogP contribution in [0.25, 0.3) is 0 Å². The van der Waals surface area contributed by atoms with E-state index in [4.69, 9.17) is 5.11 Å². The van der Waals surface area contributed by atoms with Crippen LogP contribution < -0.4 is 5.84 Å². The summed E-state index contributed by atoms with van der Waals surface area (Å²) in [5.41, 5.74) is 0. The molecule has 0 aromatic rings. The van der Waals surface area contributed by atoms with Crippen LogP contribution >= 0.6 is 0 Å². The lowest BCUT2D eigenvalue weighted by Gasteiger charge is -1.76. The number of hydrogen-bond acceptors (Lipinski definition) is 3. The van der Waals surface area contributed by atoms with Gasteiger partial charge in [-0.25, -0.2) is 0 Å². The summed E-state index contributed by atoms with van der Waals surface area (Å²) in [7, 11) is 0. The molecule has 0 saturated carbocycles. The first kappa shape index (κ1) is 5.43. The van der Waals surface area contributed by atoms with Gasteiger partial charge in [-0.15, -0.1) is 0 Å². The fourth-order valence-corrected chi connectivity index (χ4v) is 0.132. The maximum Gasteiger partial charge on any atom is 0.0481 e. The molecular formula is C3H8N2O. The molecule has 0 aliphatic carbocycles. The van der Waals surface area contributed by atoms with Crippen LogP contribution in [0.1, 0.15) is 6.42 Å². The fourth-order valence-electron chi connectivity index (χ4n) is 0.132. The summed E-state index contributed by atoms with van der Waals surface area (Å²) in [6.07, 6.45) is 2.01. The van der Waals surface area contributed by atoms with Crippen molar-refractivity contribution in [2.24, 2.45) is 10.9 Å². The molecule has 0 aromatic heterocycles. The average molecular weight is 88.1 g/mol. The zero-order valence-electron chi connectivity index (χ0n) is 3.46. The molecule has 0 unspecified atom stereocenters. The van der Waals surface area contributed by atoms with Crippen molar-refractivity contribution < 1.29 is 5.11 Å². The second-order valence-electron chi connectivity index (χ2n) is 0.844. The molecule has 0 saturated heterocycles. The molecule has 0 aliphatic rings. The molecule has 0 atom stereocenters. The monoisotopic (exact) mass is 88.1 g/mol. The summed E-state index contributed by atoms with van der Waals surface area (Å²) in [5.74, 6) is 4.67. The van der Waals surface area contributed by atoms with Crippen LogP contribution in [0.3, 0.4) is 0 Å². The van der Waals surface area contributed by atoms with Crippen LogP contribution in [0.2, 0.25) is 0 Å². The SMILES string of the molecule is NN=CCCO. The zero-order valence-corrected chi connectivity index (χ0v) is 3.46. The van der Waals surface area contributed by atoms with E-state index in [9.17, 15) is 0 Å². The highest BCUT2D eigenvalue weighted by Gasteiger charge is 1.67. The summed E-state index contributed by atoms with van der Waals surface area (Å²) >= 11 is 0. The van der Waals surface area contributed by atoms with E-state index in [1.165, 1.54) is 6.21 Å². The Bertz CT molecular complexity index is 44.1. The van der Waals surface area contributed by atoms with Crippen molar-refractivity contribution in [2.75, 3.05) is 6.61 Å². The number of rotatable bonds is 2. The molecule has 0 aliphatic heterocycles. The molecule has 0 amide bonds. The second-order valence-corrected chi connectivity index (χ2v) is 0.844. The van der Waals surface area contributed by atoms with E-state index in [-0.39, 0.29) is 6.61 Å². The van der Waals surface area contributed by atoms with Gasteiger partial charge in [-0.1, -0.05) is 0 Å². The number of nitrogens with two attached hydrogens (primary N) is 1. The standard InChI is InChI=1S/C3H8N2O/c4-5-2-1-3-6/h2,6H,1,3-4H2. The maximum absolute atomic E-state index is 8.05. The Morgan fingerprint density at radius 1 is 1.83 bits per heavy atom. The van der Waals surface area contributed by atoms with Gasteiger partial charge in [0.2, 0.25) is 0 Å². The normalized spacial score (nSPS) is 10.2. The highest BCUT2D eigenvalue weighted by Crippen LogP contribution is 1.62. The lowest BCUT2D eigenvalue weighted by molar-refractivity contribution is 0.308. The third-order valence-electron chi connectivity index (χ3n) is 0.364. The first-order valence-corrected chi connectivity index (χ1v) is 1.74. The largest absolute Gasteiger partial charge is 0.396 e. The number of aliphatic hydroxyl groups excluding tert-OH is 1. The number of hydrazone groups is 1. The molecule has 0 bridgehead atoms. The molecule has 0 heterocycles. The van der Waals surface area contributed by atoms with Gasteiger partial charge in [0, 0.05) is 19.2 Å². The highest BCUT2D eigenvalue weighted by atomic mass is 16.2. The van der Waals surface area contributed by atoms with Crippen molar-refractivity contribution >= 4 is 6.21 Å². The van der Waals surface area contributed by atoms with Gasteiger partial charge >= 0.3 is 0 Å². The first-order chi connectivity index (χ1) is 2.91. The summed E-state index contributed by atoms with van der Waals surface area (Å²) in [5, 5.41) is 11.2. The van der Waals surface area contributed by atoms with Crippen LogP contribution in [0.15, 0.2) is 5.10 Å². The Morgan fingerprint density at radius 2 is 2.50 bits per heavy atom. The highest BCUT2D eigenvalue weighted by molar-refractivity contribution is 5.56. The zero-order chi connectivity index (χ0) is 4.83. The Labute approximate surface area is 36.5 Å². The Balaban J connectivity index is 2.66. The van der Waals surface area contributed by atoms with Crippen LogP contribution in [0, 0.1) is 0 Å². The third-order valence-corrected chi connectivity index (χ3v) is 0.364.